The first-order valence-corrected chi connectivity index (χ1v) is 21.5. The molecule has 6 heteroatoms. The molecule has 1 aliphatic carbocycles. The molecule has 0 saturated carbocycles. The maximum absolute atomic E-state index is 5.65. The number of nitrogens with zero attached hydrogens (tertiary/aromatic N) is 5. The van der Waals surface area contributed by atoms with Crippen molar-refractivity contribution in [2.75, 3.05) is 0 Å². The van der Waals surface area contributed by atoms with Crippen molar-refractivity contribution in [3.05, 3.63) is 212 Å². The van der Waals surface area contributed by atoms with Crippen LogP contribution in [0.2, 0.25) is 0 Å². The molecule has 2 aliphatic rings. The Bertz CT molecular complexity index is 3610. The average Bonchev–Trinajstić information content (AvgIpc) is 3.98. The number of pyridine rings is 2. The van der Waals surface area contributed by atoms with Gasteiger partial charge in [0.15, 0.2) is 0 Å². The Morgan fingerprint density at radius 2 is 1.19 bits per heavy atom. The van der Waals surface area contributed by atoms with E-state index in [0.29, 0.717) is 0 Å². The first-order chi connectivity index (χ1) is 30.9. The molecule has 3 aromatic heterocycles. The minimum atomic E-state index is -0.0359. The minimum absolute atomic E-state index is 0. The number of benzene rings is 7. The number of hydrogen-bond acceptors (Lipinski definition) is 1. The zero-order valence-electron chi connectivity index (χ0n) is 35.5. The van der Waals surface area contributed by atoms with E-state index in [1.54, 1.807) is 0 Å². The standard InChI is InChI=1S/C58H41N5.Pt/c1-58(2,3)41-32-33-59-53(35-41)63-50-29-13-12-25-46(50)49-36-48-45-24-10-11-26-47(45)54(55(48)60-57(49)63)40-22-16-23-42(34-40)61-37-62(52-31-15-14-30-51(52)61)56-43(38-18-6-4-7-19-38)27-17-28-44(56)39-20-8-5-9-21-39;/h4-33,35-36H,1-3H3;/q-2;. The third-order valence-electron chi connectivity index (χ3n) is 12.5. The van der Waals surface area contributed by atoms with Crippen LogP contribution in [-0.2, 0) is 26.5 Å². The molecule has 0 amide bonds. The maximum Gasteiger partial charge on any atom is 0.268 e. The molecule has 0 atom stereocenters. The SMILES string of the molecule is CC(C)(C)c1ccnc(-n2c3ccccc3c3cc4c5ccccc5c(-c5[c-]c(-n6[c-][n+](-c7c(-c8ccccc8)cccc7-c7ccccc7)c7ccccc76)ccc5)c-4[n-]c32)c1.[Pt]. The summed E-state index contributed by atoms with van der Waals surface area (Å²) in [6, 6.07) is 70.6. The van der Waals surface area contributed by atoms with Gasteiger partial charge in [0.05, 0.1) is 22.5 Å². The van der Waals surface area contributed by atoms with Crippen LogP contribution in [0.25, 0.3) is 106 Å². The van der Waals surface area contributed by atoms with Gasteiger partial charge in [-0.2, -0.15) is 0 Å². The smallest absolute Gasteiger partial charge is 0.268 e. The van der Waals surface area contributed by atoms with Crippen molar-refractivity contribution in [2.24, 2.45) is 0 Å². The molecule has 4 heterocycles. The van der Waals surface area contributed by atoms with Gasteiger partial charge in [-0.05, 0) is 90.0 Å². The molecule has 5 nitrogen and oxygen atoms in total. The summed E-state index contributed by atoms with van der Waals surface area (Å²) in [5.41, 5.74) is 15.8. The molecule has 10 aromatic rings. The molecule has 0 spiro atoms. The summed E-state index contributed by atoms with van der Waals surface area (Å²) in [5.74, 6) is 0.860. The quantitative estimate of drug-likeness (QED) is 0.123. The third kappa shape index (κ3) is 6.33. The van der Waals surface area contributed by atoms with Crippen LogP contribution in [0.3, 0.4) is 0 Å². The Kier molecular flexibility index (Phi) is 9.56. The number of aromatic nitrogens is 5. The van der Waals surface area contributed by atoms with E-state index in [9.17, 15) is 0 Å². The van der Waals surface area contributed by atoms with Crippen LogP contribution >= 0.6 is 0 Å². The summed E-state index contributed by atoms with van der Waals surface area (Å²) in [6.45, 7) is 6.72. The second-order valence-corrected chi connectivity index (χ2v) is 17.3. The molecule has 0 unspecified atom stereocenters. The van der Waals surface area contributed by atoms with Crippen molar-refractivity contribution >= 4 is 43.7 Å². The van der Waals surface area contributed by atoms with Crippen molar-refractivity contribution < 1.29 is 25.6 Å². The zero-order chi connectivity index (χ0) is 42.2. The minimum Gasteiger partial charge on any atom is -0.443 e. The van der Waals surface area contributed by atoms with Crippen LogP contribution in [0, 0.1) is 12.4 Å². The van der Waals surface area contributed by atoms with Crippen LogP contribution < -0.4 is 9.55 Å². The van der Waals surface area contributed by atoms with Crippen LogP contribution in [-0.4, -0.2) is 14.1 Å². The Morgan fingerprint density at radius 3 is 1.91 bits per heavy atom. The molecule has 7 aromatic carbocycles. The summed E-state index contributed by atoms with van der Waals surface area (Å²) in [6.07, 6.45) is 5.77. The molecule has 0 N–H and O–H groups in total. The Labute approximate surface area is 386 Å². The van der Waals surface area contributed by atoms with Crippen LogP contribution in [0.5, 0.6) is 0 Å². The van der Waals surface area contributed by atoms with E-state index in [4.69, 9.17) is 9.97 Å². The second-order valence-electron chi connectivity index (χ2n) is 17.3. The summed E-state index contributed by atoms with van der Waals surface area (Å²) in [4.78, 5) is 10.6. The van der Waals surface area contributed by atoms with Gasteiger partial charge in [0, 0.05) is 27.3 Å². The predicted octanol–water partition coefficient (Wildman–Crippen LogP) is 13.5. The fourth-order valence-electron chi connectivity index (χ4n) is 9.48. The van der Waals surface area contributed by atoms with Crippen LogP contribution in [0.4, 0.5) is 0 Å². The van der Waals surface area contributed by atoms with Gasteiger partial charge >= 0.3 is 0 Å². The van der Waals surface area contributed by atoms with Gasteiger partial charge in [-0.3, -0.25) is 9.55 Å². The molecule has 12 rings (SSSR count). The first-order valence-electron chi connectivity index (χ1n) is 21.5. The summed E-state index contributed by atoms with van der Waals surface area (Å²) < 4.78 is 6.62. The third-order valence-corrected chi connectivity index (χ3v) is 12.5. The molecule has 310 valence electrons. The van der Waals surface area contributed by atoms with E-state index < -0.39 is 0 Å². The zero-order valence-corrected chi connectivity index (χ0v) is 37.8. The molecule has 64 heavy (non-hydrogen) atoms. The molecule has 0 fully saturated rings. The van der Waals surface area contributed by atoms with E-state index in [-0.39, 0.29) is 26.5 Å². The summed E-state index contributed by atoms with van der Waals surface area (Å²) in [7, 11) is 0. The van der Waals surface area contributed by atoms with E-state index in [1.165, 1.54) is 10.9 Å². The first kappa shape index (κ1) is 39.5. The Balaban J connectivity index is 0.00000456. The fourth-order valence-corrected chi connectivity index (χ4v) is 9.48. The monoisotopic (exact) mass is 1000 g/mol. The number of imidazole rings is 1. The van der Waals surface area contributed by atoms with Gasteiger partial charge in [0.2, 0.25) is 0 Å². The van der Waals surface area contributed by atoms with Gasteiger partial charge in [-0.15, -0.1) is 29.8 Å². The van der Waals surface area contributed by atoms with E-state index in [2.05, 4.69) is 235 Å². The largest absolute Gasteiger partial charge is 0.443 e. The maximum atomic E-state index is 5.65. The van der Waals surface area contributed by atoms with Crippen molar-refractivity contribution in [1.29, 1.82) is 0 Å². The number of hydrogen-bond donors (Lipinski definition) is 0. The average molecular weight is 1000 g/mol. The van der Waals surface area contributed by atoms with Crippen molar-refractivity contribution in [3.8, 4) is 61.8 Å². The molecular formula is C58H41N5Pt-2. The van der Waals surface area contributed by atoms with Crippen LogP contribution in [0.15, 0.2) is 194 Å². The molecule has 1 aliphatic heterocycles. The van der Waals surface area contributed by atoms with Gasteiger partial charge in [-0.25, -0.2) is 0 Å². The summed E-state index contributed by atoms with van der Waals surface area (Å²) >= 11 is 0. The normalized spacial score (nSPS) is 11.9. The molecule has 0 saturated heterocycles. The van der Waals surface area contributed by atoms with Crippen molar-refractivity contribution in [3.63, 3.8) is 0 Å². The van der Waals surface area contributed by atoms with Gasteiger partial charge in [-0.1, -0.05) is 189 Å². The number of rotatable bonds is 6. The Hall–Kier alpha value is -7.33. The van der Waals surface area contributed by atoms with Crippen molar-refractivity contribution in [2.45, 2.75) is 26.2 Å². The van der Waals surface area contributed by atoms with E-state index in [1.807, 2.05) is 6.20 Å². The van der Waals surface area contributed by atoms with Crippen LogP contribution in [0.1, 0.15) is 26.3 Å². The van der Waals surface area contributed by atoms with Gasteiger partial charge in [0.1, 0.15) is 0 Å². The topological polar surface area (TPSA) is 40.7 Å². The summed E-state index contributed by atoms with van der Waals surface area (Å²) in [5, 5.41) is 4.56. The molecule has 0 bridgehead atoms. The molecule has 0 radical (unpaired) electrons. The van der Waals surface area contributed by atoms with Gasteiger partial charge < -0.3 is 14.1 Å². The van der Waals surface area contributed by atoms with E-state index >= 15 is 0 Å². The van der Waals surface area contributed by atoms with E-state index in [0.717, 1.165) is 100 Å². The number of para-hydroxylation sites is 4. The van der Waals surface area contributed by atoms with Crippen molar-refractivity contribution in [1.82, 2.24) is 19.1 Å². The number of fused-ring (bicyclic) bond motifs is 7. The predicted molar refractivity (Wildman–Crippen MR) is 257 cm³/mol. The fraction of sp³-hybridized carbons (Fsp3) is 0.0690. The Morgan fingerprint density at radius 1 is 0.562 bits per heavy atom. The molecular weight excluding hydrogens is 962 g/mol. The van der Waals surface area contributed by atoms with Gasteiger partial charge in [0.25, 0.3) is 6.33 Å². The second kappa shape index (κ2) is 15.5.